The minimum atomic E-state index is -1.96. The maximum atomic E-state index is 5.79. The summed E-state index contributed by atoms with van der Waals surface area (Å²) in [5, 5.41) is 0. The summed E-state index contributed by atoms with van der Waals surface area (Å²) in [7, 11) is 0. The summed E-state index contributed by atoms with van der Waals surface area (Å²) < 4.78 is 7.52. The van der Waals surface area contributed by atoms with Crippen molar-refractivity contribution >= 4 is 30.0 Å². The first-order valence-corrected chi connectivity index (χ1v) is 16.7. The Bertz CT molecular complexity index is 192. The summed E-state index contributed by atoms with van der Waals surface area (Å²) in [4.78, 5) is 0. The first-order valence-electron chi connectivity index (χ1n) is 8.48. The molecule has 0 rings (SSSR count). The van der Waals surface area contributed by atoms with Gasteiger partial charge in [-0.15, -0.1) is 0 Å². The molecule has 0 bridgehead atoms. The van der Waals surface area contributed by atoms with Crippen molar-refractivity contribution in [1.29, 1.82) is 0 Å². The van der Waals surface area contributed by atoms with E-state index in [-0.39, 0.29) is 0 Å². The molecule has 0 spiro atoms. The number of alkyl halides is 1. The predicted molar refractivity (Wildman–Crippen MR) is 94.0 cm³/mol. The Morgan fingerprint density at radius 2 is 1.26 bits per heavy atom. The van der Waals surface area contributed by atoms with Gasteiger partial charge < -0.3 is 0 Å². The number of hydrogen-bond acceptors (Lipinski definition) is 0. The molecule has 19 heavy (non-hydrogen) atoms. The molecule has 0 aromatic carbocycles. The van der Waals surface area contributed by atoms with E-state index in [1.54, 1.807) is 13.3 Å². The molecule has 0 amide bonds. The summed E-state index contributed by atoms with van der Waals surface area (Å²) in [6.07, 6.45) is 13.3. The van der Waals surface area contributed by atoms with Crippen molar-refractivity contribution < 1.29 is 0 Å². The molecule has 0 saturated heterocycles. The van der Waals surface area contributed by atoms with Crippen LogP contribution >= 0.6 is 11.6 Å². The van der Waals surface area contributed by atoms with Crippen molar-refractivity contribution in [1.82, 2.24) is 0 Å². The van der Waals surface area contributed by atoms with Crippen LogP contribution < -0.4 is 0 Å². The Morgan fingerprint density at radius 3 is 1.63 bits per heavy atom. The molecule has 0 aliphatic heterocycles. The molecule has 0 nitrogen and oxygen atoms in total. The van der Waals surface area contributed by atoms with Crippen molar-refractivity contribution in [3.05, 3.63) is 10.2 Å². The van der Waals surface area contributed by atoms with E-state index in [2.05, 4.69) is 30.9 Å². The molecule has 0 aromatic heterocycles. The molecule has 0 radical (unpaired) electrons. The zero-order valence-electron chi connectivity index (χ0n) is 13.5. The van der Waals surface area contributed by atoms with Crippen LogP contribution in [0.2, 0.25) is 13.3 Å². The van der Waals surface area contributed by atoms with Gasteiger partial charge in [-0.05, 0) is 0 Å². The summed E-state index contributed by atoms with van der Waals surface area (Å²) >= 11 is 3.83. The van der Waals surface area contributed by atoms with Gasteiger partial charge in [-0.2, -0.15) is 0 Å². The topological polar surface area (TPSA) is 0 Å². The summed E-state index contributed by atoms with van der Waals surface area (Å²) in [6, 6.07) is 0. The number of halogens is 1. The fourth-order valence-corrected chi connectivity index (χ4v) is 17.4. The molecule has 0 aliphatic carbocycles. The average Bonchev–Trinajstić information content (AvgIpc) is 2.44. The molecule has 0 unspecified atom stereocenters. The quantitative estimate of drug-likeness (QED) is 0.180. The fourth-order valence-electron chi connectivity index (χ4n) is 2.74. The number of rotatable bonds is 13. The van der Waals surface area contributed by atoms with Crippen molar-refractivity contribution in [3.63, 3.8) is 0 Å². The SMILES string of the molecule is CCC[CH2][Sn](/[CH]=C/CCCCl)([CH2]CCC)[CH2]CCC. The molecule has 2 heteroatoms. The third kappa shape index (κ3) is 10.2. The monoisotopic (exact) mass is 394 g/mol. The number of unbranched alkanes of at least 4 members (excludes halogenated alkanes) is 4. The summed E-state index contributed by atoms with van der Waals surface area (Å²) in [5.74, 6) is 0.811. The van der Waals surface area contributed by atoms with E-state index in [0.717, 1.165) is 12.3 Å². The third-order valence-electron chi connectivity index (χ3n) is 4.06. The Morgan fingerprint density at radius 1 is 0.789 bits per heavy atom. The Hall–Kier alpha value is 0.829. The van der Waals surface area contributed by atoms with Gasteiger partial charge in [0.2, 0.25) is 0 Å². The van der Waals surface area contributed by atoms with Crippen molar-refractivity contribution in [2.24, 2.45) is 0 Å². The molecule has 114 valence electrons. The second kappa shape index (κ2) is 13.8. The molecular formula is C17H35ClSn. The molecule has 0 fully saturated rings. The number of hydrogen-bond donors (Lipinski definition) is 0. The van der Waals surface area contributed by atoms with Gasteiger partial charge in [0.1, 0.15) is 0 Å². The molecule has 0 aromatic rings. The van der Waals surface area contributed by atoms with Crippen LogP contribution in [-0.2, 0) is 0 Å². The van der Waals surface area contributed by atoms with Crippen LogP contribution in [-0.4, -0.2) is 24.3 Å². The third-order valence-corrected chi connectivity index (χ3v) is 18.6. The van der Waals surface area contributed by atoms with Gasteiger partial charge in [0.25, 0.3) is 0 Å². The maximum absolute atomic E-state index is 5.79. The van der Waals surface area contributed by atoms with E-state index in [0.29, 0.717) is 0 Å². The first kappa shape index (κ1) is 19.8. The van der Waals surface area contributed by atoms with Gasteiger partial charge in [-0.1, -0.05) is 0 Å². The molecule has 0 N–H and O–H groups in total. The normalized spacial score (nSPS) is 12.4. The Labute approximate surface area is 131 Å². The fraction of sp³-hybridized carbons (Fsp3) is 0.882. The van der Waals surface area contributed by atoms with Crippen molar-refractivity contribution in [2.45, 2.75) is 85.4 Å². The van der Waals surface area contributed by atoms with Gasteiger partial charge in [0, 0.05) is 0 Å². The van der Waals surface area contributed by atoms with Crippen molar-refractivity contribution in [3.8, 4) is 0 Å². The van der Waals surface area contributed by atoms with Crippen LogP contribution in [0.3, 0.4) is 0 Å². The van der Waals surface area contributed by atoms with Gasteiger partial charge >= 0.3 is 131 Å². The average molecular weight is 394 g/mol. The van der Waals surface area contributed by atoms with E-state index in [1.165, 1.54) is 44.9 Å². The Balaban J connectivity index is 4.60. The second-order valence-corrected chi connectivity index (χ2v) is 19.3. The van der Waals surface area contributed by atoms with Gasteiger partial charge in [-0.3, -0.25) is 0 Å². The minimum absolute atomic E-state index is 0.811. The Kier molecular flexibility index (Phi) is 14.4. The summed E-state index contributed by atoms with van der Waals surface area (Å²) in [6.45, 7) is 7.02. The van der Waals surface area contributed by atoms with Crippen LogP contribution in [0.5, 0.6) is 0 Å². The number of allylic oxidation sites excluding steroid dienone is 1. The molecule has 0 atom stereocenters. The van der Waals surface area contributed by atoms with E-state index >= 15 is 0 Å². The van der Waals surface area contributed by atoms with Gasteiger partial charge in [0.05, 0.1) is 0 Å². The predicted octanol–water partition coefficient (Wildman–Crippen LogP) is 6.95. The van der Waals surface area contributed by atoms with E-state index in [9.17, 15) is 0 Å². The molecular weight excluding hydrogens is 358 g/mol. The van der Waals surface area contributed by atoms with Crippen LogP contribution in [0.1, 0.15) is 72.1 Å². The van der Waals surface area contributed by atoms with Crippen molar-refractivity contribution in [2.75, 3.05) is 5.88 Å². The molecule has 0 heterocycles. The van der Waals surface area contributed by atoms with Gasteiger partial charge in [-0.25, -0.2) is 0 Å². The first-order chi connectivity index (χ1) is 9.24. The second-order valence-electron chi connectivity index (χ2n) is 5.91. The van der Waals surface area contributed by atoms with Crippen LogP contribution in [0, 0.1) is 0 Å². The van der Waals surface area contributed by atoms with Crippen LogP contribution in [0.15, 0.2) is 10.2 Å². The zero-order valence-corrected chi connectivity index (χ0v) is 17.1. The van der Waals surface area contributed by atoms with Crippen LogP contribution in [0.4, 0.5) is 0 Å². The van der Waals surface area contributed by atoms with E-state index in [4.69, 9.17) is 11.6 Å². The van der Waals surface area contributed by atoms with Gasteiger partial charge in [0.15, 0.2) is 0 Å². The molecule has 0 saturated carbocycles. The standard InChI is InChI=1S/C5H8Cl.3C4H9.Sn/c1-2-3-4-5-6;3*1-3-4-2;/h1-2H,3-5H2;3*1,3-4H2,2H3;. The van der Waals surface area contributed by atoms with E-state index < -0.39 is 18.4 Å². The van der Waals surface area contributed by atoms with Crippen LogP contribution in [0.25, 0.3) is 0 Å². The molecule has 0 aliphatic rings. The van der Waals surface area contributed by atoms with E-state index in [1.807, 2.05) is 0 Å². The summed E-state index contributed by atoms with van der Waals surface area (Å²) in [5.41, 5.74) is 0. The zero-order chi connectivity index (χ0) is 14.4.